The van der Waals surface area contributed by atoms with Crippen molar-refractivity contribution in [3.05, 3.63) is 94.2 Å². The van der Waals surface area contributed by atoms with E-state index in [1.165, 1.54) is 33.4 Å². The van der Waals surface area contributed by atoms with Gasteiger partial charge in [0.15, 0.2) is 0 Å². The second-order valence-corrected chi connectivity index (χ2v) is 13.7. The predicted octanol–water partition coefficient (Wildman–Crippen LogP) is 4.33. The van der Waals surface area contributed by atoms with Gasteiger partial charge in [-0.3, -0.25) is 12.2 Å². The van der Waals surface area contributed by atoms with Crippen LogP contribution in [-0.4, -0.2) is 24.4 Å². The topological polar surface area (TPSA) is 18.5 Å². The van der Waals surface area contributed by atoms with Crippen molar-refractivity contribution < 1.29 is 77.7 Å². The van der Waals surface area contributed by atoms with Crippen molar-refractivity contribution in [2.45, 2.75) is 119 Å². The minimum atomic E-state index is -0.191. The van der Waals surface area contributed by atoms with Crippen LogP contribution in [0.5, 0.6) is 0 Å². The molecule has 0 N–H and O–H groups in total. The molecule has 0 aliphatic heterocycles. The molecule has 6 heteroatoms. The third kappa shape index (κ3) is 12.1. The van der Waals surface area contributed by atoms with E-state index in [4.69, 9.17) is 9.47 Å². The van der Waals surface area contributed by atoms with Crippen molar-refractivity contribution in [1.29, 1.82) is 0 Å². The van der Waals surface area contributed by atoms with Crippen LogP contribution >= 0.6 is 0 Å². The number of rotatable bonds is 8. The van der Waals surface area contributed by atoms with Gasteiger partial charge in [-0.15, -0.1) is 12.8 Å². The molecule has 0 heterocycles. The molecule has 2 atom stereocenters. The molecule has 4 rings (SSSR count). The summed E-state index contributed by atoms with van der Waals surface area (Å²) in [4.78, 5) is 0. The molecule has 0 amide bonds. The van der Waals surface area contributed by atoms with Gasteiger partial charge < -0.3 is 34.3 Å². The minimum absolute atomic E-state index is 0. The maximum atomic E-state index is 6.31. The fourth-order valence-electron chi connectivity index (χ4n) is 6.53. The third-order valence-electron chi connectivity index (χ3n) is 8.17. The first-order chi connectivity index (χ1) is 18.7. The average Bonchev–Trinajstić information content (AvgIpc) is 3.56. The smallest absolute Gasteiger partial charge is 1.00 e. The number of hydrogen-bond acceptors (Lipinski definition) is 2. The predicted molar refractivity (Wildman–Crippen MR) is 171 cm³/mol. The number of allylic oxidation sites excluding steroid dienone is 10. The summed E-state index contributed by atoms with van der Waals surface area (Å²) in [7, 11) is 0. The van der Waals surface area contributed by atoms with E-state index in [9.17, 15) is 0 Å². The maximum Gasteiger partial charge on any atom is 2.00 e. The van der Waals surface area contributed by atoms with Gasteiger partial charge in [-0.1, -0.05) is 77.0 Å². The van der Waals surface area contributed by atoms with Gasteiger partial charge in [-0.05, 0) is 75.4 Å². The summed E-state index contributed by atoms with van der Waals surface area (Å²) in [5.74, 6) is 0. The van der Waals surface area contributed by atoms with Crippen LogP contribution < -0.4 is 24.8 Å². The Bertz CT molecular complexity index is 1080. The summed E-state index contributed by atoms with van der Waals surface area (Å²) in [6.45, 7) is 23.8. The maximum absolute atomic E-state index is 6.31. The first-order valence-electron chi connectivity index (χ1n) is 15.3. The average molecular weight is 709 g/mol. The summed E-state index contributed by atoms with van der Waals surface area (Å²) in [5.41, 5.74) is 7.98. The van der Waals surface area contributed by atoms with Crippen LogP contribution in [0.25, 0.3) is 0 Å². The van der Waals surface area contributed by atoms with Crippen LogP contribution in [-0.2, 0) is 52.9 Å². The van der Waals surface area contributed by atoms with Crippen LogP contribution in [0, 0.1) is 23.0 Å². The van der Waals surface area contributed by atoms with Crippen molar-refractivity contribution in [3.63, 3.8) is 0 Å². The Labute approximate surface area is 312 Å². The molecule has 0 fully saturated rings. The van der Waals surface area contributed by atoms with Gasteiger partial charge in [-0.25, -0.2) is 23.3 Å². The Kier molecular flexibility index (Phi) is 20.5. The molecule has 0 spiro atoms. The van der Waals surface area contributed by atoms with Crippen molar-refractivity contribution >= 4 is 0 Å². The first kappa shape index (κ1) is 46.0. The van der Waals surface area contributed by atoms with Crippen LogP contribution in [0.1, 0.15) is 108 Å². The van der Waals surface area contributed by atoms with Crippen LogP contribution in [0.15, 0.2) is 82.0 Å². The second-order valence-electron chi connectivity index (χ2n) is 13.7. The van der Waals surface area contributed by atoms with E-state index in [1.54, 1.807) is 0 Å². The molecule has 2 nitrogen and oxygen atoms in total. The minimum Gasteiger partial charge on any atom is -1.00 e. The number of ether oxygens (including phenoxy) is 2. The largest absolute Gasteiger partial charge is 2.00 e. The molecule has 0 aromatic heterocycles. The standard InChI is InChI=1S/2C19H27O.2ClH.2Ti/c2*1-6-20-19(14-16-9-7-8-10-16)12-11-15(2)13-17(19)18(3,4)5;;;;/h2*7,9,11,13H,6,8,12,14H2,1-5H3;2*1H;;/q2*-1;;;2*+2/p-2. The molecule has 44 heavy (non-hydrogen) atoms. The van der Waals surface area contributed by atoms with Crippen molar-refractivity contribution in [1.82, 2.24) is 0 Å². The fraction of sp³-hybridized carbons (Fsp3) is 0.579. The molecule has 0 radical (unpaired) electrons. The van der Waals surface area contributed by atoms with Crippen LogP contribution in [0.2, 0.25) is 0 Å². The van der Waals surface area contributed by atoms with Gasteiger partial charge in [0, 0.05) is 13.2 Å². The SMILES string of the molecule is CCOC1(CC2=[C-]CC=C2)CC=C(C)C=C1C(C)(C)C.CCOC1(CC2=[C-]CC=C2)CC=C(C)C=C1C(C)(C)C.[Cl-].[Cl-].[Ti+2].[Ti+2]. The Morgan fingerprint density at radius 1 is 0.659 bits per heavy atom. The van der Waals surface area contributed by atoms with Crippen molar-refractivity contribution in [2.24, 2.45) is 10.8 Å². The van der Waals surface area contributed by atoms with Gasteiger partial charge in [0.1, 0.15) is 0 Å². The van der Waals surface area contributed by atoms with Crippen molar-refractivity contribution in [2.75, 3.05) is 13.2 Å². The van der Waals surface area contributed by atoms with E-state index in [-0.39, 0.29) is 90.3 Å². The Morgan fingerprint density at radius 3 is 1.25 bits per heavy atom. The molecule has 4 aliphatic carbocycles. The molecule has 0 saturated carbocycles. The Hall–Kier alpha value is -0.151. The summed E-state index contributed by atoms with van der Waals surface area (Å²) < 4.78 is 12.6. The first-order valence-corrected chi connectivity index (χ1v) is 15.3. The summed E-state index contributed by atoms with van der Waals surface area (Å²) >= 11 is 0. The molecular formula is C38H54Cl2O2Ti2. The molecule has 0 saturated heterocycles. The summed E-state index contributed by atoms with van der Waals surface area (Å²) in [6.07, 6.45) is 30.6. The molecular weight excluding hydrogens is 655 g/mol. The normalized spacial score (nSPS) is 24.0. The van der Waals surface area contributed by atoms with Gasteiger partial charge in [0.25, 0.3) is 0 Å². The number of hydrogen-bond donors (Lipinski definition) is 0. The Balaban J connectivity index is 0. The third-order valence-corrected chi connectivity index (χ3v) is 8.17. The van der Waals surface area contributed by atoms with Gasteiger partial charge in [0.05, 0.1) is 11.2 Å². The zero-order valence-electron chi connectivity index (χ0n) is 28.8. The van der Waals surface area contributed by atoms with E-state index in [1.807, 2.05) is 0 Å². The van der Waals surface area contributed by atoms with E-state index in [2.05, 4.69) is 130 Å². The van der Waals surface area contributed by atoms with Gasteiger partial charge in [-0.2, -0.15) is 12.2 Å². The molecule has 2 unspecified atom stereocenters. The van der Waals surface area contributed by atoms with Gasteiger partial charge >= 0.3 is 43.4 Å². The van der Waals surface area contributed by atoms with E-state index in [0.717, 1.165) is 51.7 Å². The molecule has 240 valence electrons. The Morgan fingerprint density at radius 2 is 1.00 bits per heavy atom. The quantitative estimate of drug-likeness (QED) is 0.276. The van der Waals surface area contributed by atoms with E-state index in [0.29, 0.717) is 0 Å². The summed E-state index contributed by atoms with van der Waals surface area (Å²) in [5, 5.41) is 0. The number of halogens is 2. The van der Waals surface area contributed by atoms with Gasteiger partial charge in [0.2, 0.25) is 0 Å². The molecule has 0 aromatic carbocycles. The molecule has 4 aliphatic rings. The fourth-order valence-corrected chi connectivity index (χ4v) is 6.53. The van der Waals surface area contributed by atoms with Crippen molar-refractivity contribution in [3.8, 4) is 0 Å². The van der Waals surface area contributed by atoms with Crippen LogP contribution in [0.4, 0.5) is 0 Å². The zero-order valence-corrected chi connectivity index (χ0v) is 33.5. The van der Waals surface area contributed by atoms with E-state index >= 15 is 0 Å². The summed E-state index contributed by atoms with van der Waals surface area (Å²) in [6, 6.07) is 0. The van der Waals surface area contributed by atoms with E-state index < -0.39 is 0 Å². The van der Waals surface area contributed by atoms with Crippen LogP contribution in [0.3, 0.4) is 0 Å². The molecule has 0 bridgehead atoms. The zero-order chi connectivity index (χ0) is 29.6. The monoisotopic (exact) mass is 708 g/mol. The second kappa shape index (κ2) is 19.6. The molecule has 0 aromatic rings.